The van der Waals surface area contributed by atoms with Crippen LogP contribution in [0.5, 0.6) is 0 Å². The highest BCUT2D eigenvalue weighted by Gasteiger charge is 2.21. The number of nitrogens with one attached hydrogen (secondary N) is 1. The highest BCUT2D eigenvalue weighted by molar-refractivity contribution is 5.49. The minimum atomic E-state index is 0.337. The molecular weight excluding hydrogens is 240 g/mol. The fourth-order valence-corrected chi connectivity index (χ4v) is 2.32. The number of ether oxygens (including phenoxy) is 1. The van der Waals surface area contributed by atoms with Crippen molar-refractivity contribution >= 4 is 11.6 Å². The monoisotopic (exact) mass is 264 g/mol. The predicted octanol–water partition coefficient (Wildman–Crippen LogP) is 2.26. The first kappa shape index (κ1) is 14.1. The van der Waals surface area contributed by atoms with E-state index in [1.54, 1.807) is 7.11 Å². The zero-order valence-electron chi connectivity index (χ0n) is 12.3. The molecule has 1 aromatic rings. The number of methoxy groups -OCH3 is 1. The van der Waals surface area contributed by atoms with Crippen LogP contribution in [0.2, 0.25) is 0 Å². The van der Waals surface area contributed by atoms with E-state index in [0.717, 1.165) is 43.4 Å². The van der Waals surface area contributed by atoms with Crippen LogP contribution in [-0.4, -0.2) is 43.3 Å². The second kappa shape index (κ2) is 6.19. The third-order valence-corrected chi connectivity index (χ3v) is 3.60. The van der Waals surface area contributed by atoms with Crippen LogP contribution in [0.15, 0.2) is 6.07 Å². The van der Waals surface area contributed by atoms with E-state index in [2.05, 4.69) is 34.0 Å². The molecule has 5 heteroatoms. The largest absolute Gasteiger partial charge is 0.381 e. The van der Waals surface area contributed by atoms with Gasteiger partial charge < -0.3 is 15.0 Å². The van der Waals surface area contributed by atoms with Gasteiger partial charge in [-0.25, -0.2) is 9.97 Å². The molecule has 1 aliphatic rings. The number of anilines is 2. The van der Waals surface area contributed by atoms with Crippen molar-refractivity contribution in [2.45, 2.75) is 38.7 Å². The molecular formula is C14H24N4O. The lowest BCUT2D eigenvalue weighted by molar-refractivity contribution is 0.0818. The highest BCUT2D eigenvalue weighted by atomic mass is 16.5. The van der Waals surface area contributed by atoms with Gasteiger partial charge in [-0.15, -0.1) is 0 Å². The third kappa shape index (κ3) is 3.35. The van der Waals surface area contributed by atoms with Gasteiger partial charge in [0.05, 0.1) is 6.10 Å². The fraction of sp³-hybridized carbons (Fsp3) is 0.714. The SMILES string of the molecule is CNc1cc(N2CCC(OC)CC2)nc(C(C)C)n1. The number of nitrogens with zero attached hydrogens (tertiary/aromatic N) is 3. The molecule has 0 aromatic carbocycles. The molecule has 1 fully saturated rings. The number of rotatable bonds is 4. The molecule has 2 heterocycles. The molecule has 0 saturated carbocycles. The van der Waals surface area contributed by atoms with Crippen molar-refractivity contribution in [3.8, 4) is 0 Å². The van der Waals surface area contributed by atoms with Gasteiger partial charge >= 0.3 is 0 Å². The van der Waals surface area contributed by atoms with Crippen LogP contribution in [0, 0.1) is 0 Å². The summed E-state index contributed by atoms with van der Waals surface area (Å²) in [4.78, 5) is 11.5. The molecule has 2 rings (SSSR count). The van der Waals surface area contributed by atoms with E-state index in [1.807, 2.05) is 13.1 Å². The maximum atomic E-state index is 5.41. The van der Waals surface area contributed by atoms with E-state index >= 15 is 0 Å². The molecule has 1 aromatic heterocycles. The summed E-state index contributed by atoms with van der Waals surface area (Å²) < 4.78 is 5.41. The van der Waals surface area contributed by atoms with Crippen molar-refractivity contribution in [2.75, 3.05) is 37.5 Å². The first-order valence-corrected chi connectivity index (χ1v) is 6.98. The van der Waals surface area contributed by atoms with Gasteiger partial charge in [-0.3, -0.25) is 0 Å². The molecule has 19 heavy (non-hydrogen) atoms. The molecule has 5 nitrogen and oxygen atoms in total. The van der Waals surface area contributed by atoms with Crippen molar-refractivity contribution < 1.29 is 4.74 Å². The first-order valence-electron chi connectivity index (χ1n) is 6.98. The zero-order valence-corrected chi connectivity index (χ0v) is 12.3. The predicted molar refractivity (Wildman–Crippen MR) is 77.9 cm³/mol. The van der Waals surface area contributed by atoms with Crippen LogP contribution in [0.4, 0.5) is 11.6 Å². The van der Waals surface area contributed by atoms with Gasteiger partial charge in [0, 0.05) is 39.2 Å². The van der Waals surface area contributed by atoms with Gasteiger partial charge in [0.1, 0.15) is 17.5 Å². The molecule has 1 saturated heterocycles. The van der Waals surface area contributed by atoms with Crippen LogP contribution >= 0.6 is 0 Å². The number of aromatic nitrogens is 2. The minimum Gasteiger partial charge on any atom is -0.381 e. The van der Waals surface area contributed by atoms with Crippen molar-refractivity contribution in [1.29, 1.82) is 0 Å². The molecule has 0 bridgehead atoms. The Hall–Kier alpha value is -1.36. The molecule has 106 valence electrons. The Labute approximate surface area is 115 Å². The maximum absolute atomic E-state index is 5.41. The standard InChI is InChI=1S/C14H24N4O/c1-10(2)14-16-12(15-3)9-13(17-14)18-7-5-11(19-4)6-8-18/h9-11H,5-8H2,1-4H3,(H,15,16,17). The van der Waals surface area contributed by atoms with Crippen LogP contribution < -0.4 is 10.2 Å². The van der Waals surface area contributed by atoms with E-state index in [4.69, 9.17) is 4.74 Å². The van der Waals surface area contributed by atoms with Crippen LogP contribution in [-0.2, 0) is 4.74 Å². The maximum Gasteiger partial charge on any atom is 0.135 e. The highest BCUT2D eigenvalue weighted by Crippen LogP contribution is 2.23. The van der Waals surface area contributed by atoms with Gasteiger partial charge in [0.2, 0.25) is 0 Å². The topological polar surface area (TPSA) is 50.3 Å². The molecule has 0 unspecified atom stereocenters. The Morgan fingerprint density at radius 3 is 2.53 bits per heavy atom. The van der Waals surface area contributed by atoms with Crippen molar-refractivity contribution in [3.63, 3.8) is 0 Å². The van der Waals surface area contributed by atoms with Crippen LogP contribution in [0.3, 0.4) is 0 Å². The molecule has 0 spiro atoms. The molecule has 0 amide bonds. The van der Waals surface area contributed by atoms with Crippen LogP contribution in [0.25, 0.3) is 0 Å². The van der Waals surface area contributed by atoms with Crippen molar-refractivity contribution in [1.82, 2.24) is 9.97 Å². The second-order valence-corrected chi connectivity index (χ2v) is 5.30. The summed E-state index contributed by atoms with van der Waals surface area (Å²) in [5.41, 5.74) is 0. The Bertz CT molecular complexity index is 414. The first-order chi connectivity index (χ1) is 9.13. The summed E-state index contributed by atoms with van der Waals surface area (Å²) >= 11 is 0. The lowest BCUT2D eigenvalue weighted by Crippen LogP contribution is -2.37. The smallest absolute Gasteiger partial charge is 0.135 e. The molecule has 0 aliphatic carbocycles. The van der Waals surface area contributed by atoms with Gasteiger partial charge in [-0.2, -0.15) is 0 Å². The summed E-state index contributed by atoms with van der Waals surface area (Å²) in [6.07, 6.45) is 2.52. The van der Waals surface area contributed by atoms with Gasteiger partial charge in [0.25, 0.3) is 0 Å². The summed E-state index contributed by atoms with van der Waals surface area (Å²) in [6.45, 7) is 6.23. The Morgan fingerprint density at radius 2 is 2.00 bits per heavy atom. The number of hydrogen-bond donors (Lipinski definition) is 1. The fourth-order valence-electron chi connectivity index (χ4n) is 2.32. The second-order valence-electron chi connectivity index (χ2n) is 5.30. The van der Waals surface area contributed by atoms with Crippen molar-refractivity contribution in [3.05, 3.63) is 11.9 Å². The lowest BCUT2D eigenvalue weighted by atomic mass is 10.1. The van der Waals surface area contributed by atoms with Gasteiger partial charge in [-0.1, -0.05) is 13.8 Å². The summed E-state index contributed by atoms with van der Waals surface area (Å²) in [5.74, 6) is 3.15. The Kier molecular flexibility index (Phi) is 4.58. The quantitative estimate of drug-likeness (QED) is 0.904. The van der Waals surface area contributed by atoms with E-state index in [1.165, 1.54) is 0 Å². The van der Waals surface area contributed by atoms with E-state index in [9.17, 15) is 0 Å². The molecule has 0 radical (unpaired) electrons. The van der Waals surface area contributed by atoms with E-state index in [-0.39, 0.29) is 0 Å². The zero-order chi connectivity index (χ0) is 13.8. The number of hydrogen-bond acceptors (Lipinski definition) is 5. The molecule has 1 aliphatic heterocycles. The average molecular weight is 264 g/mol. The average Bonchev–Trinajstić information content (AvgIpc) is 2.46. The van der Waals surface area contributed by atoms with Gasteiger partial charge in [-0.05, 0) is 12.8 Å². The summed E-state index contributed by atoms with van der Waals surface area (Å²) in [7, 11) is 3.69. The van der Waals surface area contributed by atoms with Gasteiger partial charge in [0.15, 0.2) is 0 Å². The molecule has 1 N–H and O–H groups in total. The minimum absolute atomic E-state index is 0.337. The normalized spacial score (nSPS) is 17.0. The lowest BCUT2D eigenvalue weighted by Gasteiger charge is -2.32. The summed E-state index contributed by atoms with van der Waals surface area (Å²) in [6, 6.07) is 2.03. The van der Waals surface area contributed by atoms with E-state index in [0.29, 0.717) is 12.0 Å². The van der Waals surface area contributed by atoms with E-state index < -0.39 is 0 Å². The third-order valence-electron chi connectivity index (χ3n) is 3.60. The van der Waals surface area contributed by atoms with Crippen LogP contribution in [0.1, 0.15) is 38.4 Å². The summed E-state index contributed by atoms with van der Waals surface area (Å²) in [5, 5.41) is 3.12. The Balaban J connectivity index is 2.17. The molecule has 0 atom stereocenters. The van der Waals surface area contributed by atoms with Crippen molar-refractivity contribution in [2.24, 2.45) is 0 Å². The Morgan fingerprint density at radius 1 is 1.32 bits per heavy atom. The number of piperidine rings is 1.